The van der Waals surface area contributed by atoms with E-state index in [0.717, 1.165) is 5.56 Å². The van der Waals surface area contributed by atoms with E-state index >= 15 is 0 Å². The third kappa shape index (κ3) is 4.02. The van der Waals surface area contributed by atoms with Crippen LogP contribution in [0.3, 0.4) is 0 Å². The van der Waals surface area contributed by atoms with Gasteiger partial charge in [-0.05, 0) is 50.8 Å². The van der Waals surface area contributed by atoms with E-state index in [1.165, 1.54) is 16.7 Å². The highest BCUT2D eigenvalue weighted by Crippen LogP contribution is 2.31. The standard InChI is InChI=1S/C15H21ClO2/c1-5-18-14(17)7-6-13(16)15-11(3)8-10(2)9-12(15)4/h8-9,13H,5-7H2,1-4H3. The van der Waals surface area contributed by atoms with Crippen molar-refractivity contribution in [2.75, 3.05) is 6.61 Å². The topological polar surface area (TPSA) is 26.3 Å². The minimum Gasteiger partial charge on any atom is -0.466 e. The van der Waals surface area contributed by atoms with Crippen molar-refractivity contribution in [1.29, 1.82) is 0 Å². The van der Waals surface area contributed by atoms with E-state index in [1.807, 2.05) is 6.92 Å². The lowest BCUT2D eigenvalue weighted by Gasteiger charge is -2.16. The molecule has 1 atom stereocenters. The second kappa shape index (κ2) is 6.79. The average molecular weight is 269 g/mol. The lowest BCUT2D eigenvalue weighted by atomic mass is 9.95. The predicted octanol–water partition coefficient (Wildman–Crippen LogP) is 4.24. The number of ether oxygens (including phenoxy) is 1. The second-order valence-corrected chi connectivity index (χ2v) is 5.15. The maximum absolute atomic E-state index is 11.3. The third-order valence-electron chi connectivity index (χ3n) is 2.96. The number of halogens is 1. The molecule has 0 amide bonds. The van der Waals surface area contributed by atoms with Gasteiger partial charge in [0.15, 0.2) is 0 Å². The minimum absolute atomic E-state index is 0.130. The molecule has 0 aromatic heterocycles. The summed E-state index contributed by atoms with van der Waals surface area (Å²) in [6, 6.07) is 4.25. The molecule has 100 valence electrons. The molecule has 3 heteroatoms. The number of carbonyl (C=O) groups excluding carboxylic acids is 1. The van der Waals surface area contributed by atoms with E-state index in [-0.39, 0.29) is 11.3 Å². The maximum Gasteiger partial charge on any atom is 0.305 e. The van der Waals surface area contributed by atoms with Gasteiger partial charge in [-0.15, -0.1) is 11.6 Å². The quantitative estimate of drug-likeness (QED) is 0.590. The minimum atomic E-state index is -0.175. The van der Waals surface area contributed by atoms with Crippen molar-refractivity contribution >= 4 is 17.6 Å². The second-order valence-electron chi connectivity index (χ2n) is 4.62. The van der Waals surface area contributed by atoms with Crippen LogP contribution in [0.15, 0.2) is 12.1 Å². The van der Waals surface area contributed by atoms with Crippen LogP contribution < -0.4 is 0 Å². The van der Waals surface area contributed by atoms with Crippen LogP contribution in [0.25, 0.3) is 0 Å². The van der Waals surface area contributed by atoms with E-state index in [4.69, 9.17) is 16.3 Å². The average Bonchev–Trinajstić information content (AvgIpc) is 2.25. The van der Waals surface area contributed by atoms with Gasteiger partial charge in [-0.2, -0.15) is 0 Å². The maximum atomic E-state index is 11.3. The molecule has 18 heavy (non-hydrogen) atoms. The number of esters is 1. The van der Waals surface area contributed by atoms with E-state index in [1.54, 1.807) is 0 Å². The predicted molar refractivity (Wildman–Crippen MR) is 75.1 cm³/mol. The Labute approximate surface area is 114 Å². The fourth-order valence-electron chi connectivity index (χ4n) is 2.31. The van der Waals surface area contributed by atoms with Gasteiger partial charge in [0.25, 0.3) is 0 Å². The van der Waals surface area contributed by atoms with Crippen LogP contribution in [-0.4, -0.2) is 12.6 Å². The van der Waals surface area contributed by atoms with Crippen LogP contribution in [0.1, 0.15) is 47.4 Å². The Morgan fingerprint density at radius 2 is 1.83 bits per heavy atom. The lowest BCUT2D eigenvalue weighted by Crippen LogP contribution is -2.06. The van der Waals surface area contributed by atoms with Crippen molar-refractivity contribution in [3.63, 3.8) is 0 Å². The van der Waals surface area contributed by atoms with Gasteiger partial charge < -0.3 is 4.74 Å². The fraction of sp³-hybridized carbons (Fsp3) is 0.533. The summed E-state index contributed by atoms with van der Waals surface area (Å²) in [5.74, 6) is -0.175. The van der Waals surface area contributed by atoms with Gasteiger partial charge in [-0.25, -0.2) is 0 Å². The number of hydrogen-bond acceptors (Lipinski definition) is 2. The molecule has 1 rings (SSSR count). The first-order valence-electron chi connectivity index (χ1n) is 6.33. The van der Waals surface area contributed by atoms with Crippen LogP contribution >= 0.6 is 11.6 Å². The van der Waals surface area contributed by atoms with Gasteiger partial charge in [0.1, 0.15) is 0 Å². The molecule has 0 bridgehead atoms. The molecule has 0 saturated carbocycles. The van der Waals surface area contributed by atoms with Crippen molar-refractivity contribution in [2.24, 2.45) is 0 Å². The van der Waals surface area contributed by atoms with Crippen molar-refractivity contribution < 1.29 is 9.53 Å². The summed E-state index contributed by atoms with van der Waals surface area (Å²) in [7, 11) is 0. The molecule has 0 N–H and O–H groups in total. The van der Waals surface area contributed by atoms with Gasteiger partial charge in [0.05, 0.1) is 12.0 Å². The smallest absolute Gasteiger partial charge is 0.305 e. The zero-order valence-corrected chi connectivity index (χ0v) is 12.3. The van der Waals surface area contributed by atoms with Crippen molar-refractivity contribution in [2.45, 2.75) is 45.9 Å². The number of benzene rings is 1. The number of aryl methyl sites for hydroxylation is 3. The highest BCUT2D eigenvalue weighted by Gasteiger charge is 2.15. The summed E-state index contributed by atoms with van der Waals surface area (Å²) in [4.78, 5) is 11.3. The highest BCUT2D eigenvalue weighted by molar-refractivity contribution is 6.21. The van der Waals surface area contributed by atoms with Crippen molar-refractivity contribution in [3.8, 4) is 0 Å². The molecular weight excluding hydrogens is 248 g/mol. The Hall–Kier alpha value is -1.02. The van der Waals surface area contributed by atoms with Crippen molar-refractivity contribution in [1.82, 2.24) is 0 Å². The number of alkyl halides is 1. The monoisotopic (exact) mass is 268 g/mol. The lowest BCUT2D eigenvalue weighted by molar-refractivity contribution is -0.143. The summed E-state index contributed by atoms with van der Waals surface area (Å²) in [5.41, 5.74) is 4.77. The molecule has 0 fully saturated rings. The molecular formula is C15H21ClO2. The molecule has 0 aliphatic heterocycles. The van der Waals surface area contributed by atoms with Gasteiger partial charge in [0.2, 0.25) is 0 Å². The molecule has 0 radical (unpaired) electrons. The zero-order valence-electron chi connectivity index (χ0n) is 11.5. The largest absolute Gasteiger partial charge is 0.466 e. The fourth-order valence-corrected chi connectivity index (χ4v) is 2.76. The molecule has 1 unspecified atom stereocenters. The SMILES string of the molecule is CCOC(=O)CCC(Cl)c1c(C)cc(C)cc1C. The molecule has 0 heterocycles. The summed E-state index contributed by atoms with van der Waals surface area (Å²) in [6.45, 7) is 8.44. The molecule has 2 nitrogen and oxygen atoms in total. The summed E-state index contributed by atoms with van der Waals surface area (Å²) < 4.78 is 4.91. The first-order chi connectivity index (χ1) is 8.45. The first kappa shape index (κ1) is 15.0. The van der Waals surface area contributed by atoms with E-state index in [0.29, 0.717) is 19.4 Å². The summed E-state index contributed by atoms with van der Waals surface area (Å²) in [6.07, 6.45) is 0.986. The molecule has 0 spiro atoms. The molecule has 1 aromatic rings. The first-order valence-corrected chi connectivity index (χ1v) is 6.76. The van der Waals surface area contributed by atoms with Crippen molar-refractivity contribution in [3.05, 3.63) is 34.4 Å². The Morgan fingerprint density at radius 3 is 2.33 bits per heavy atom. The molecule has 1 aromatic carbocycles. The van der Waals surface area contributed by atoms with E-state index < -0.39 is 0 Å². The Balaban J connectivity index is 2.73. The van der Waals surface area contributed by atoms with Gasteiger partial charge >= 0.3 is 5.97 Å². The van der Waals surface area contributed by atoms with Gasteiger partial charge in [0, 0.05) is 6.42 Å². The zero-order chi connectivity index (χ0) is 13.7. The normalized spacial score (nSPS) is 12.3. The van der Waals surface area contributed by atoms with Crippen LogP contribution in [0, 0.1) is 20.8 Å². The molecule has 0 saturated heterocycles. The Bertz CT molecular complexity index is 403. The summed E-state index contributed by atoms with van der Waals surface area (Å²) in [5, 5.41) is -0.130. The number of carbonyl (C=O) groups is 1. The molecule has 0 aliphatic rings. The highest BCUT2D eigenvalue weighted by atomic mass is 35.5. The summed E-state index contributed by atoms with van der Waals surface area (Å²) >= 11 is 6.41. The van der Waals surface area contributed by atoms with Crippen LogP contribution in [-0.2, 0) is 9.53 Å². The van der Waals surface area contributed by atoms with Gasteiger partial charge in [-0.1, -0.05) is 17.7 Å². The van der Waals surface area contributed by atoms with Crippen LogP contribution in [0.4, 0.5) is 0 Å². The van der Waals surface area contributed by atoms with E-state index in [2.05, 4.69) is 32.9 Å². The Morgan fingerprint density at radius 1 is 1.28 bits per heavy atom. The number of hydrogen-bond donors (Lipinski definition) is 0. The Kier molecular flexibility index (Phi) is 5.67. The van der Waals surface area contributed by atoms with Crippen LogP contribution in [0.5, 0.6) is 0 Å². The van der Waals surface area contributed by atoms with E-state index in [9.17, 15) is 4.79 Å². The molecule has 0 aliphatic carbocycles. The van der Waals surface area contributed by atoms with Gasteiger partial charge in [-0.3, -0.25) is 4.79 Å². The third-order valence-corrected chi connectivity index (χ3v) is 3.39. The number of rotatable bonds is 5. The van der Waals surface area contributed by atoms with Crippen LogP contribution in [0.2, 0.25) is 0 Å².